The second kappa shape index (κ2) is 11.5. The summed E-state index contributed by atoms with van der Waals surface area (Å²) in [6.45, 7) is 9.68. The molecule has 0 aliphatic rings. The topological polar surface area (TPSA) is 65.0 Å². The summed E-state index contributed by atoms with van der Waals surface area (Å²) in [7, 11) is 1.63. The van der Waals surface area contributed by atoms with Crippen molar-refractivity contribution in [1.29, 1.82) is 0 Å². The minimum atomic E-state index is -0.961. The Morgan fingerprint density at radius 3 is 2.19 bits per heavy atom. The van der Waals surface area contributed by atoms with Gasteiger partial charge in [0, 0.05) is 13.2 Å². The third kappa shape index (κ3) is 7.42. The molecule has 0 amide bonds. The molecular formula is C21H30O5. The van der Waals surface area contributed by atoms with E-state index in [1.165, 1.54) is 6.08 Å². The van der Waals surface area contributed by atoms with Crippen LogP contribution in [0.4, 0.5) is 0 Å². The van der Waals surface area contributed by atoms with Crippen molar-refractivity contribution in [3.63, 3.8) is 0 Å². The SMILES string of the molecule is COCCOCOc1c(C(C)C)cc(C=CC=CC(=O)O)cc1C(C)C. The van der Waals surface area contributed by atoms with Crippen LogP contribution in [0, 0.1) is 0 Å². The van der Waals surface area contributed by atoms with E-state index in [4.69, 9.17) is 19.3 Å². The lowest BCUT2D eigenvalue weighted by Crippen LogP contribution is -2.11. The molecule has 0 saturated heterocycles. The lowest BCUT2D eigenvalue weighted by molar-refractivity contribution is -0.131. The van der Waals surface area contributed by atoms with Crippen molar-refractivity contribution < 1.29 is 24.1 Å². The van der Waals surface area contributed by atoms with Crippen molar-refractivity contribution >= 4 is 12.0 Å². The largest absolute Gasteiger partial charge is 0.478 e. The van der Waals surface area contributed by atoms with Crippen LogP contribution in [0.15, 0.2) is 30.4 Å². The van der Waals surface area contributed by atoms with Gasteiger partial charge in [-0.1, -0.05) is 45.9 Å². The molecule has 144 valence electrons. The molecular weight excluding hydrogens is 332 g/mol. The third-order valence-corrected chi connectivity index (χ3v) is 3.77. The molecule has 5 heteroatoms. The second-order valence-electron chi connectivity index (χ2n) is 6.56. The van der Waals surface area contributed by atoms with Crippen molar-refractivity contribution in [2.75, 3.05) is 27.1 Å². The van der Waals surface area contributed by atoms with Gasteiger partial charge in [-0.3, -0.25) is 0 Å². The van der Waals surface area contributed by atoms with Gasteiger partial charge in [-0.15, -0.1) is 0 Å². The van der Waals surface area contributed by atoms with Crippen LogP contribution < -0.4 is 4.74 Å². The average Bonchev–Trinajstić information content (AvgIpc) is 2.58. The van der Waals surface area contributed by atoms with Gasteiger partial charge in [0.1, 0.15) is 5.75 Å². The minimum absolute atomic E-state index is 0.180. The monoisotopic (exact) mass is 362 g/mol. The average molecular weight is 362 g/mol. The summed E-state index contributed by atoms with van der Waals surface area (Å²) < 4.78 is 16.4. The highest BCUT2D eigenvalue weighted by Crippen LogP contribution is 2.36. The number of methoxy groups -OCH3 is 1. The van der Waals surface area contributed by atoms with Crippen LogP contribution in [-0.4, -0.2) is 38.2 Å². The fourth-order valence-corrected chi connectivity index (χ4v) is 2.43. The van der Waals surface area contributed by atoms with Crippen molar-refractivity contribution in [3.8, 4) is 5.75 Å². The summed E-state index contributed by atoms with van der Waals surface area (Å²) in [5, 5.41) is 8.66. The Morgan fingerprint density at radius 1 is 1.08 bits per heavy atom. The molecule has 1 aromatic rings. The number of carboxylic acid groups (broad SMARTS) is 1. The second-order valence-corrected chi connectivity index (χ2v) is 6.56. The molecule has 0 radical (unpaired) electrons. The van der Waals surface area contributed by atoms with E-state index in [1.54, 1.807) is 13.2 Å². The predicted molar refractivity (Wildman–Crippen MR) is 104 cm³/mol. The number of aliphatic carboxylic acids is 1. The zero-order valence-corrected chi connectivity index (χ0v) is 16.3. The quantitative estimate of drug-likeness (QED) is 0.270. The van der Waals surface area contributed by atoms with E-state index in [0.29, 0.717) is 13.2 Å². The number of allylic oxidation sites excluding steroid dienone is 2. The molecule has 1 aromatic carbocycles. The lowest BCUT2D eigenvalue weighted by Gasteiger charge is -2.21. The Kier molecular flexibility index (Phi) is 9.70. The minimum Gasteiger partial charge on any atom is -0.478 e. The fourth-order valence-electron chi connectivity index (χ4n) is 2.43. The highest BCUT2D eigenvalue weighted by atomic mass is 16.7. The van der Waals surface area contributed by atoms with Gasteiger partial charge in [-0.05, 0) is 40.7 Å². The third-order valence-electron chi connectivity index (χ3n) is 3.77. The van der Waals surface area contributed by atoms with Crippen LogP contribution in [0.2, 0.25) is 0 Å². The molecule has 0 spiro atoms. The first-order chi connectivity index (χ1) is 12.4. The summed E-state index contributed by atoms with van der Waals surface area (Å²) in [6.07, 6.45) is 6.25. The Morgan fingerprint density at radius 2 is 1.69 bits per heavy atom. The van der Waals surface area contributed by atoms with E-state index in [1.807, 2.05) is 6.08 Å². The summed E-state index contributed by atoms with van der Waals surface area (Å²) >= 11 is 0. The van der Waals surface area contributed by atoms with Gasteiger partial charge < -0.3 is 19.3 Å². The zero-order valence-electron chi connectivity index (χ0n) is 16.3. The van der Waals surface area contributed by atoms with E-state index in [2.05, 4.69) is 39.8 Å². The highest BCUT2D eigenvalue weighted by molar-refractivity contribution is 5.80. The zero-order chi connectivity index (χ0) is 19.5. The number of ether oxygens (including phenoxy) is 3. The summed E-state index contributed by atoms with van der Waals surface area (Å²) in [4.78, 5) is 10.6. The van der Waals surface area contributed by atoms with Crippen LogP contribution in [0.1, 0.15) is 56.2 Å². The molecule has 0 bridgehead atoms. The molecule has 0 unspecified atom stereocenters. The Balaban J connectivity index is 3.09. The van der Waals surface area contributed by atoms with Crippen LogP contribution in [-0.2, 0) is 14.3 Å². The van der Waals surface area contributed by atoms with E-state index < -0.39 is 5.97 Å². The van der Waals surface area contributed by atoms with E-state index in [-0.39, 0.29) is 18.6 Å². The van der Waals surface area contributed by atoms with Crippen LogP contribution in [0.5, 0.6) is 5.75 Å². The van der Waals surface area contributed by atoms with Crippen molar-refractivity contribution in [1.82, 2.24) is 0 Å². The number of carboxylic acids is 1. The van der Waals surface area contributed by atoms with Gasteiger partial charge in [0.25, 0.3) is 0 Å². The normalized spacial score (nSPS) is 12.0. The van der Waals surface area contributed by atoms with E-state index in [0.717, 1.165) is 28.5 Å². The first-order valence-corrected chi connectivity index (χ1v) is 8.81. The van der Waals surface area contributed by atoms with E-state index >= 15 is 0 Å². The number of carbonyl (C=O) groups is 1. The van der Waals surface area contributed by atoms with Crippen LogP contribution in [0.25, 0.3) is 6.08 Å². The van der Waals surface area contributed by atoms with E-state index in [9.17, 15) is 4.79 Å². The molecule has 0 heterocycles. The summed E-state index contributed by atoms with van der Waals surface area (Å²) in [6, 6.07) is 4.15. The fraction of sp³-hybridized carbons (Fsp3) is 0.476. The van der Waals surface area contributed by atoms with Crippen molar-refractivity contribution in [2.45, 2.75) is 39.5 Å². The molecule has 5 nitrogen and oxygen atoms in total. The summed E-state index contributed by atoms with van der Waals surface area (Å²) in [5.41, 5.74) is 3.22. The standard InChI is InChI=1S/C21H30O5/c1-15(2)18-12-17(8-6-7-9-20(22)23)13-19(16(3)4)21(18)26-14-25-11-10-24-5/h6-9,12-13,15-16H,10-11,14H2,1-5H3,(H,22,23). The van der Waals surface area contributed by atoms with Gasteiger partial charge in [0.2, 0.25) is 0 Å². The Hall–Kier alpha value is -2.11. The van der Waals surface area contributed by atoms with Gasteiger partial charge in [0.15, 0.2) is 6.79 Å². The van der Waals surface area contributed by atoms with Crippen molar-refractivity contribution in [3.05, 3.63) is 47.1 Å². The van der Waals surface area contributed by atoms with Crippen LogP contribution >= 0.6 is 0 Å². The molecule has 0 aliphatic heterocycles. The predicted octanol–water partition coefficient (Wildman–Crippen LogP) is 4.59. The van der Waals surface area contributed by atoms with Crippen LogP contribution in [0.3, 0.4) is 0 Å². The molecule has 1 N–H and O–H groups in total. The maximum atomic E-state index is 10.6. The van der Waals surface area contributed by atoms with Gasteiger partial charge >= 0.3 is 5.97 Å². The molecule has 0 saturated carbocycles. The molecule has 0 fully saturated rings. The lowest BCUT2D eigenvalue weighted by atomic mass is 9.91. The molecule has 1 rings (SSSR count). The highest BCUT2D eigenvalue weighted by Gasteiger charge is 2.16. The first-order valence-electron chi connectivity index (χ1n) is 8.81. The smallest absolute Gasteiger partial charge is 0.328 e. The van der Waals surface area contributed by atoms with Gasteiger partial charge in [-0.2, -0.15) is 0 Å². The number of benzene rings is 1. The molecule has 0 atom stereocenters. The Labute approximate surface area is 156 Å². The maximum absolute atomic E-state index is 10.6. The first kappa shape index (κ1) is 21.9. The molecule has 26 heavy (non-hydrogen) atoms. The van der Waals surface area contributed by atoms with Crippen molar-refractivity contribution in [2.24, 2.45) is 0 Å². The number of hydrogen-bond donors (Lipinski definition) is 1. The number of rotatable bonds is 11. The molecule has 0 aliphatic carbocycles. The molecule has 0 aromatic heterocycles. The maximum Gasteiger partial charge on any atom is 0.328 e. The van der Waals surface area contributed by atoms with Gasteiger partial charge in [0.05, 0.1) is 13.2 Å². The number of hydrogen-bond acceptors (Lipinski definition) is 4. The van der Waals surface area contributed by atoms with Gasteiger partial charge in [-0.25, -0.2) is 4.79 Å². The summed E-state index contributed by atoms with van der Waals surface area (Å²) in [5.74, 6) is 0.469. The Bertz CT molecular complexity index is 600.